The van der Waals surface area contributed by atoms with E-state index in [1.807, 2.05) is 45.0 Å². The summed E-state index contributed by atoms with van der Waals surface area (Å²) in [6.07, 6.45) is 1.57. The molecule has 2 heterocycles. The normalized spacial score (nSPS) is 20.4. The number of nitrogens with zero attached hydrogens (tertiary/aromatic N) is 3. The summed E-state index contributed by atoms with van der Waals surface area (Å²) in [5.74, 6) is -1.54. The lowest BCUT2D eigenvalue weighted by Gasteiger charge is -2.15. The number of aliphatic carboxylic acids is 1. The maximum absolute atomic E-state index is 12.8. The number of carbonyl (C=O) groups is 2. The van der Waals surface area contributed by atoms with Crippen LogP contribution in [0, 0.1) is 25.7 Å². The average molecular weight is 327 g/mol. The van der Waals surface area contributed by atoms with Crippen molar-refractivity contribution in [3.8, 4) is 5.69 Å². The molecule has 1 aliphatic heterocycles. The lowest BCUT2D eigenvalue weighted by molar-refractivity contribution is -0.142. The van der Waals surface area contributed by atoms with Crippen molar-refractivity contribution in [2.45, 2.75) is 20.8 Å². The number of hydrogen-bond donors (Lipinski definition) is 1. The zero-order chi connectivity index (χ0) is 17.4. The molecule has 0 saturated carbocycles. The molecule has 1 aromatic heterocycles. The SMILES string of the molecule is Cc1cccc(-n2ncc(C(=O)N3C[C@@H](C)[C@H](C(=O)O)C3)c2C)c1. The van der Waals surface area contributed by atoms with Crippen molar-refractivity contribution in [2.24, 2.45) is 11.8 Å². The van der Waals surface area contributed by atoms with Gasteiger partial charge in [-0.05, 0) is 37.5 Å². The third kappa shape index (κ3) is 2.79. The van der Waals surface area contributed by atoms with Crippen LogP contribution in [0.3, 0.4) is 0 Å². The van der Waals surface area contributed by atoms with Gasteiger partial charge in [-0.3, -0.25) is 9.59 Å². The first-order valence-corrected chi connectivity index (χ1v) is 8.02. The summed E-state index contributed by atoms with van der Waals surface area (Å²) >= 11 is 0. The number of carbonyl (C=O) groups excluding carboxylic acids is 1. The van der Waals surface area contributed by atoms with Crippen molar-refractivity contribution in [2.75, 3.05) is 13.1 Å². The Balaban J connectivity index is 1.86. The highest BCUT2D eigenvalue weighted by atomic mass is 16.4. The summed E-state index contributed by atoms with van der Waals surface area (Å²) in [4.78, 5) is 25.6. The van der Waals surface area contributed by atoms with Gasteiger partial charge in [-0.15, -0.1) is 0 Å². The molecule has 24 heavy (non-hydrogen) atoms. The van der Waals surface area contributed by atoms with Crippen LogP contribution in [0.25, 0.3) is 5.69 Å². The van der Waals surface area contributed by atoms with Crippen LogP contribution in [0.4, 0.5) is 0 Å². The molecule has 6 heteroatoms. The second-order valence-corrected chi connectivity index (χ2v) is 6.53. The minimum absolute atomic E-state index is 0.0430. The van der Waals surface area contributed by atoms with Gasteiger partial charge in [0.05, 0.1) is 29.1 Å². The number of likely N-dealkylation sites (tertiary alicyclic amines) is 1. The van der Waals surface area contributed by atoms with Crippen molar-refractivity contribution in [1.29, 1.82) is 0 Å². The molecule has 1 aliphatic rings. The number of carboxylic acid groups (broad SMARTS) is 1. The van der Waals surface area contributed by atoms with Crippen molar-refractivity contribution >= 4 is 11.9 Å². The molecule has 0 spiro atoms. The first-order chi connectivity index (χ1) is 11.4. The number of benzene rings is 1. The van der Waals surface area contributed by atoms with Crippen molar-refractivity contribution in [3.05, 3.63) is 47.3 Å². The Kier molecular flexibility index (Phi) is 4.13. The number of aryl methyl sites for hydroxylation is 1. The standard InChI is InChI=1S/C18H21N3O3/c1-11-5-4-6-14(7-11)21-13(3)15(8-19-21)17(22)20-9-12(2)16(10-20)18(23)24/h4-8,12,16H,9-10H2,1-3H3,(H,23,24)/t12-,16-/m1/s1. The van der Waals surface area contributed by atoms with E-state index in [0.717, 1.165) is 16.9 Å². The van der Waals surface area contributed by atoms with Crippen LogP contribution in [0.1, 0.15) is 28.5 Å². The van der Waals surface area contributed by atoms with Gasteiger partial charge in [0, 0.05) is 13.1 Å². The molecular formula is C18H21N3O3. The van der Waals surface area contributed by atoms with E-state index in [2.05, 4.69) is 5.10 Å². The summed E-state index contributed by atoms with van der Waals surface area (Å²) in [7, 11) is 0. The lowest BCUT2D eigenvalue weighted by Crippen LogP contribution is -2.30. The molecule has 0 bridgehead atoms. The highest BCUT2D eigenvalue weighted by Crippen LogP contribution is 2.26. The fraction of sp³-hybridized carbons (Fsp3) is 0.389. The molecule has 126 valence electrons. The molecule has 3 rings (SSSR count). The Bertz CT molecular complexity index is 797. The van der Waals surface area contributed by atoms with E-state index in [9.17, 15) is 14.7 Å². The third-order valence-corrected chi connectivity index (χ3v) is 4.70. The minimum atomic E-state index is -0.843. The van der Waals surface area contributed by atoms with Gasteiger partial charge in [-0.1, -0.05) is 19.1 Å². The fourth-order valence-corrected chi connectivity index (χ4v) is 3.26. The highest BCUT2D eigenvalue weighted by Gasteiger charge is 2.37. The monoisotopic (exact) mass is 327 g/mol. The Hall–Kier alpha value is -2.63. The second kappa shape index (κ2) is 6.11. The number of carboxylic acids is 1. The van der Waals surface area contributed by atoms with E-state index in [1.54, 1.807) is 15.8 Å². The van der Waals surface area contributed by atoms with E-state index in [-0.39, 0.29) is 18.4 Å². The molecule has 1 fully saturated rings. The zero-order valence-corrected chi connectivity index (χ0v) is 14.1. The van der Waals surface area contributed by atoms with Gasteiger partial charge < -0.3 is 10.0 Å². The van der Waals surface area contributed by atoms with Crippen molar-refractivity contribution in [1.82, 2.24) is 14.7 Å². The molecule has 1 N–H and O–H groups in total. The lowest BCUT2D eigenvalue weighted by atomic mass is 9.99. The Labute approximate surface area is 140 Å². The molecule has 2 atom stereocenters. The first-order valence-electron chi connectivity index (χ1n) is 8.02. The van der Waals surface area contributed by atoms with Crippen LogP contribution in [-0.2, 0) is 4.79 Å². The molecule has 2 aromatic rings. The predicted molar refractivity (Wildman–Crippen MR) is 89.2 cm³/mol. The Morgan fingerprint density at radius 1 is 1.25 bits per heavy atom. The largest absolute Gasteiger partial charge is 0.481 e. The average Bonchev–Trinajstić information content (AvgIpc) is 3.10. The fourth-order valence-electron chi connectivity index (χ4n) is 3.26. The van der Waals surface area contributed by atoms with Crippen LogP contribution in [0.15, 0.2) is 30.5 Å². The number of hydrogen-bond acceptors (Lipinski definition) is 3. The van der Waals surface area contributed by atoms with Gasteiger partial charge in [-0.2, -0.15) is 5.10 Å². The zero-order valence-electron chi connectivity index (χ0n) is 14.1. The van der Waals surface area contributed by atoms with Gasteiger partial charge in [0.15, 0.2) is 0 Å². The number of rotatable bonds is 3. The summed E-state index contributed by atoms with van der Waals surface area (Å²) in [6.45, 7) is 6.45. The van der Waals surface area contributed by atoms with Crippen LogP contribution < -0.4 is 0 Å². The third-order valence-electron chi connectivity index (χ3n) is 4.70. The van der Waals surface area contributed by atoms with Gasteiger partial charge in [0.1, 0.15) is 0 Å². The Morgan fingerprint density at radius 3 is 2.62 bits per heavy atom. The van der Waals surface area contributed by atoms with E-state index < -0.39 is 11.9 Å². The van der Waals surface area contributed by atoms with Gasteiger partial charge in [0.2, 0.25) is 0 Å². The van der Waals surface area contributed by atoms with E-state index in [4.69, 9.17) is 0 Å². The van der Waals surface area contributed by atoms with Gasteiger partial charge >= 0.3 is 5.97 Å². The summed E-state index contributed by atoms with van der Waals surface area (Å²) < 4.78 is 1.74. The number of aromatic nitrogens is 2. The second-order valence-electron chi connectivity index (χ2n) is 6.53. The molecule has 6 nitrogen and oxygen atoms in total. The van der Waals surface area contributed by atoms with E-state index in [0.29, 0.717) is 12.1 Å². The van der Waals surface area contributed by atoms with Crippen LogP contribution in [0.5, 0.6) is 0 Å². The minimum Gasteiger partial charge on any atom is -0.481 e. The van der Waals surface area contributed by atoms with Crippen LogP contribution in [0.2, 0.25) is 0 Å². The molecule has 0 aliphatic carbocycles. The van der Waals surface area contributed by atoms with Crippen molar-refractivity contribution in [3.63, 3.8) is 0 Å². The molecule has 0 radical (unpaired) electrons. The quantitative estimate of drug-likeness (QED) is 0.938. The van der Waals surface area contributed by atoms with Crippen LogP contribution in [-0.4, -0.2) is 44.8 Å². The molecular weight excluding hydrogens is 306 g/mol. The highest BCUT2D eigenvalue weighted by molar-refractivity contribution is 5.95. The van der Waals surface area contributed by atoms with E-state index >= 15 is 0 Å². The molecule has 0 unspecified atom stereocenters. The van der Waals surface area contributed by atoms with Crippen molar-refractivity contribution < 1.29 is 14.7 Å². The summed E-state index contributed by atoms with van der Waals surface area (Å²) in [5, 5.41) is 13.6. The maximum atomic E-state index is 12.8. The predicted octanol–water partition coefficient (Wildman–Crippen LogP) is 2.28. The molecule has 1 aromatic carbocycles. The summed E-state index contributed by atoms with van der Waals surface area (Å²) in [6, 6.07) is 7.91. The smallest absolute Gasteiger partial charge is 0.308 e. The van der Waals surface area contributed by atoms with E-state index in [1.165, 1.54) is 0 Å². The topological polar surface area (TPSA) is 75.4 Å². The maximum Gasteiger partial charge on any atom is 0.308 e. The molecule has 1 saturated heterocycles. The molecule has 1 amide bonds. The summed E-state index contributed by atoms with van der Waals surface area (Å²) in [5.41, 5.74) is 3.31. The van der Waals surface area contributed by atoms with Gasteiger partial charge in [-0.25, -0.2) is 4.68 Å². The number of amides is 1. The van der Waals surface area contributed by atoms with Crippen LogP contribution >= 0.6 is 0 Å². The Morgan fingerprint density at radius 2 is 2.00 bits per heavy atom. The van der Waals surface area contributed by atoms with Gasteiger partial charge in [0.25, 0.3) is 5.91 Å². The first kappa shape index (κ1) is 16.2.